The first kappa shape index (κ1) is 12.9. The molecule has 4 N–H and O–H groups in total. The number of carbonyl (C=O) groups excluding carboxylic acids is 1. The van der Waals surface area contributed by atoms with Crippen molar-refractivity contribution < 1.29 is 14.7 Å². The van der Waals surface area contributed by atoms with Crippen LogP contribution in [0.3, 0.4) is 0 Å². The highest BCUT2D eigenvalue weighted by Crippen LogP contribution is 1.98. The molecule has 0 spiro atoms. The fraction of sp³-hybridized carbons (Fsp3) is 0.100. The van der Waals surface area contributed by atoms with Crippen molar-refractivity contribution in [2.45, 2.75) is 0 Å². The van der Waals surface area contributed by atoms with E-state index in [2.05, 4.69) is 17.6 Å². The summed E-state index contributed by atoms with van der Waals surface area (Å²) in [4.78, 5) is 22.2. The van der Waals surface area contributed by atoms with Crippen LogP contribution in [0.1, 0.15) is 10.4 Å². The van der Waals surface area contributed by atoms with Crippen molar-refractivity contribution in [1.29, 1.82) is 0 Å². The summed E-state index contributed by atoms with van der Waals surface area (Å²) >= 11 is 4.63. The van der Waals surface area contributed by atoms with Crippen molar-refractivity contribution in [3.05, 3.63) is 35.9 Å². The molecule has 7 heteroatoms. The van der Waals surface area contributed by atoms with Crippen LogP contribution in [-0.2, 0) is 4.79 Å². The average Bonchev–Trinajstić information content (AvgIpc) is 2.28. The normalized spacial score (nSPS) is 9.41. The summed E-state index contributed by atoms with van der Waals surface area (Å²) in [6, 6.07) is 8.33. The standard InChI is InChI=1S/C10H11N3O3S/c11-10(17)13(6-8(14)15)12-9(16)7-4-2-1-3-5-7/h1-5H,6H2,(H2,11,17)(H,12,16)(H,14,15). The van der Waals surface area contributed by atoms with Gasteiger partial charge in [-0.2, -0.15) is 0 Å². The van der Waals surface area contributed by atoms with Gasteiger partial charge in [0.05, 0.1) is 0 Å². The Balaban J connectivity index is 2.71. The van der Waals surface area contributed by atoms with Crippen LogP contribution in [-0.4, -0.2) is 33.6 Å². The van der Waals surface area contributed by atoms with Crippen molar-refractivity contribution in [2.75, 3.05) is 6.54 Å². The molecule has 0 aliphatic rings. The molecule has 0 heterocycles. The van der Waals surface area contributed by atoms with Gasteiger partial charge in [-0.1, -0.05) is 18.2 Å². The smallest absolute Gasteiger partial charge is 0.325 e. The molecule has 0 aliphatic heterocycles. The molecule has 0 aliphatic carbocycles. The third-order valence-corrected chi connectivity index (χ3v) is 2.05. The number of carbonyl (C=O) groups is 2. The Morgan fingerprint density at radius 3 is 2.41 bits per heavy atom. The lowest BCUT2D eigenvalue weighted by Crippen LogP contribution is -2.50. The van der Waals surface area contributed by atoms with Crippen molar-refractivity contribution in [3.63, 3.8) is 0 Å². The zero-order chi connectivity index (χ0) is 12.8. The predicted octanol–water partition coefficient (Wildman–Crippen LogP) is -0.0384. The largest absolute Gasteiger partial charge is 0.480 e. The minimum atomic E-state index is -1.15. The fourth-order valence-corrected chi connectivity index (χ4v) is 1.19. The number of amides is 1. The molecular weight excluding hydrogens is 242 g/mol. The highest BCUT2D eigenvalue weighted by atomic mass is 32.1. The first-order chi connectivity index (χ1) is 8.00. The molecule has 0 bridgehead atoms. The number of nitrogens with one attached hydrogen (secondary N) is 1. The van der Waals surface area contributed by atoms with Crippen LogP contribution >= 0.6 is 12.2 Å². The highest BCUT2D eigenvalue weighted by Gasteiger charge is 2.14. The first-order valence-corrected chi connectivity index (χ1v) is 5.06. The van der Waals surface area contributed by atoms with Crippen LogP contribution in [0.5, 0.6) is 0 Å². The van der Waals surface area contributed by atoms with Gasteiger partial charge in [-0.05, 0) is 24.4 Å². The maximum atomic E-state index is 11.7. The number of aliphatic carboxylic acids is 1. The Bertz CT molecular complexity index is 436. The molecule has 1 aromatic rings. The van der Waals surface area contributed by atoms with E-state index in [0.717, 1.165) is 5.01 Å². The van der Waals surface area contributed by atoms with Crippen LogP contribution in [0, 0.1) is 0 Å². The number of hydrogen-bond donors (Lipinski definition) is 3. The number of nitrogens with two attached hydrogens (primary N) is 1. The Hall–Kier alpha value is -2.15. The molecule has 6 nitrogen and oxygen atoms in total. The van der Waals surface area contributed by atoms with E-state index in [1.807, 2.05) is 0 Å². The molecule has 0 saturated carbocycles. The number of benzene rings is 1. The van der Waals surface area contributed by atoms with E-state index in [9.17, 15) is 9.59 Å². The highest BCUT2D eigenvalue weighted by molar-refractivity contribution is 7.80. The van der Waals surface area contributed by atoms with E-state index in [1.165, 1.54) is 0 Å². The Labute approximate surface area is 103 Å². The molecule has 0 radical (unpaired) electrons. The van der Waals surface area contributed by atoms with E-state index in [4.69, 9.17) is 10.8 Å². The zero-order valence-electron chi connectivity index (χ0n) is 8.79. The van der Waals surface area contributed by atoms with Gasteiger partial charge in [-0.25, -0.2) is 5.01 Å². The molecular formula is C10H11N3O3S. The van der Waals surface area contributed by atoms with Gasteiger partial charge in [0, 0.05) is 5.56 Å². The van der Waals surface area contributed by atoms with Gasteiger partial charge < -0.3 is 10.8 Å². The van der Waals surface area contributed by atoms with Crippen LogP contribution in [0.15, 0.2) is 30.3 Å². The Morgan fingerprint density at radius 2 is 1.94 bits per heavy atom. The lowest BCUT2D eigenvalue weighted by Gasteiger charge is -2.21. The molecule has 0 aromatic heterocycles. The first-order valence-electron chi connectivity index (χ1n) is 4.65. The van der Waals surface area contributed by atoms with Crippen molar-refractivity contribution in [3.8, 4) is 0 Å². The quantitative estimate of drug-likeness (QED) is 0.517. The minimum absolute atomic E-state index is 0.211. The maximum Gasteiger partial charge on any atom is 0.325 e. The Kier molecular flexibility index (Phi) is 4.41. The summed E-state index contributed by atoms with van der Waals surface area (Å²) in [6.07, 6.45) is 0. The van der Waals surface area contributed by atoms with E-state index in [1.54, 1.807) is 30.3 Å². The number of nitrogens with zero attached hydrogens (tertiary/aromatic N) is 1. The lowest BCUT2D eigenvalue weighted by atomic mass is 10.2. The number of rotatable bonds is 3. The van der Waals surface area contributed by atoms with Gasteiger partial charge in [0.2, 0.25) is 0 Å². The van der Waals surface area contributed by atoms with Gasteiger partial charge in [0.1, 0.15) is 6.54 Å². The molecule has 1 rings (SSSR count). The summed E-state index contributed by atoms with van der Waals surface area (Å²) in [6.45, 7) is -0.492. The van der Waals surface area contributed by atoms with E-state index >= 15 is 0 Å². The molecule has 0 saturated heterocycles. The second-order valence-corrected chi connectivity index (χ2v) is 3.54. The van der Waals surface area contributed by atoms with Gasteiger partial charge in [-0.3, -0.25) is 15.0 Å². The van der Waals surface area contributed by atoms with Gasteiger partial charge in [-0.15, -0.1) is 0 Å². The summed E-state index contributed by atoms with van der Waals surface area (Å²) in [5.74, 6) is -1.62. The van der Waals surface area contributed by atoms with Crippen LogP contribution < -0.4 is 11.2 Å². The summed E-state index contributed by atoms with van der Waals surface area (Å²) in [7, 11) is 0. The van der Waals surface area contributed by atoms with Crippen molar-refractivity contribution in [2.24, 2.45) is 5.73 Å². The molecule has 0 fully saturated rings. The van der Waals surface area contributed by atoms with Crippen LogP contribution in [0.2, 0.25) is 0 Å². The molecule has 90 valence electrons. The number of thiocarbonyl (C=S) groups is 1. The topological polar surface area (TPSA) is 95.7 Å². The summed E-state index contributed by atoms with van der Waals surface area (Å²) in [5, 5.41) is 9.29. The van der Waals surface area contributed by atoms with Gasteiger partial charge in [0.25, 0.3) is 5.91 Å². The SMILES string of the molecule is NC(=S)N(CC(=O)O)NC(=O)c1ccccc1. The van der Waals surface area contributed by atoms with Crippen LogP contribution in [0.4, 0.5) is 0 Å². The fourth-order valence-electron chi connectivity index (χ4n) is 1.08. The van der Waals surface area contributed by atoms with Gasteiger partial charge >= 0.3 is 5.97 Å². The predicted molar refractivity (Wildman–Crippen MR) is 65.0 cm³/mol. The zero-order valence-corrected chi connectivity index (χ0v) is 9.61. The molecule has 1 aromatic carbocycles. The maximum absolute atomic E-state index is 11.7. The van der Waals surface area contributed by atoms with E-state index in [-0.39, 0.29) is 5.11 Å². The van der Waals surface area contributed by atoms with E-state index in [0.29, 0.717) is 5.56 Å². The number of hydrogen-bond acceptors (Lipinski definition) is 3. The Morgan fingerprint density at radius 1 is 1.35 bits per heavy atom. The third kappa shape index (κ3) is 4.07. The van der Waals surface area contributed by atoms with E-state index < -0.39 is 18.4 Å². The molecule has 0 atom stereocenters. The number of carboxylic acid groups (broad SMARTS) is 1. The average molecular weight is 253 g/mol. The number of hydrazine groups is 1. The van der Waals surface area contributed by atoms with Crippen molar-refractivity contribution >= 4 is 29.2 Å². The van der Waals surface area contributed by atoms with Crippen molar-refractivity contribution in [1.82, 2.24) is 10.4 Å². The monoisotopic (exact) mass is 253 g/mol. The van der Waals surface area contributed by atoms with Crippen LogP contribution in [0.25, 0.3) is 0 Å². The lowest BCUT2D eigenvalue weighted by molar-refractivity contribution is -0.137. The third-order valence-electron chi connectivity index (χ3n) is 1.83. The second kappa shape index (κ2) is 5.80. The van der Waals surface area contributed by atoms with Gasteiger partial charge in [0.15, 0.2) is 5.11 Å². The summed E-state index contributed by atoms with van der Waals surface area (Å²) in [5.41, 5.74) is 7.99. The minimum Gasteiger partial charge on any atom is -0.480 e. The molecule has 1 amide bonds. The number of carboxylic acids is 1. The second-order valence-electron chi connectivity index (χ2n) is 3.13. The molecule has 0 unspecified atom stereocenters. The summed E-state index contributed by atoms with van der Waals surface area (Å²) < 4.78 is 0. The molecule has 17 heavy (non-hydrogen) atoms.